The summed E-state index contributed by atoms with van der Waals surface area (Å²) in [6.45, 7) is 0. The Labute approximate surface area is 135 Å². The number of fused-ring (bicyclic) bond motifs is 1. The van der Waals surface area contributed by atoms with Crippen molar-refractivity contribution in [3.05, 3.63) is 11.6 Å². The van der Waals surface area contributed by atoms with Crippen molar-refractivity contribution in [2.45, 2.75) is 6.18 Å². The maximum absolute atomic E-state index is 13.5. The molecule has 1 heterocycles. The maximum Gasteiger partial charge on any atom is 0.496 e. The number of aromatic nitrogens is 2. The van der Waals surface area contributed by atoms with Crippen LogP contribution in [0, 0.1) is 0 Å². The van der Waals surface area contributed by atoms with E-state index in [-0.39, 0.29) is 22.0 Å². The van der Waals surface area contributed by atoms with E-state index in [2.05, 4.69) is 8.75 Å². The molecule has 1 aromatic heterocycles. The summed E-state index contributed by atoms with van der Waals surface area (Å²) in [4.78, 5) is 0. The number of benzene rings is 1. The first-order valence-electron chi connectivity index (χ1n) is 6.36. The zero-order chi connectivity index (χ0) is 17.2. The molecule has 0 fully saturated rings. The maximum atomic E-state index is 13.5. The molecule has 0 aliphatic heterocycles. The zero-order valence-electron chi connectivity index (χ0n) is 12.8. The quantitative estimate of drug-likeness (QED) is 0.716. The molecule has 0 unspecified atom stereocenters. The third-order valence-electron chi connectivity index (χ3n) is 3.26. The van der Waals surface area contributed by atoms with Crippen LogP contribution in [0.4, 0.5) is 13.2 Å². The first-order valence-corrected chi connectivity index (χ1v) is 7.09. The molecule has 1 aromatic carbocycles. The highest BCUT2D eigenvalue weighted by molar-refractivity contribution is 7.00. The smallest absolute Gasteiger partial charge is 0.410 e. The van der Waals surface area contributed by atoms with Gasteiger partial charge in [0, 0.05) is 39.4 Å². The molecule has 0 radical (unpaired) electrons. The number of hydrogen-bond donors (Lipinski definition) is 0. The molecule has 0 amide bonds. The lowest BCUT2D eigenvalue weighted by molar-refractivity contribution is -0.136. The predicted octanol–water partition coefficient (Wildman–Crippen LogP) is 0.686. The second-order valence-electron chi connectivity index (χ2n) is 4.49. The number of halogens is 3. The van der Waals surface area contributed by atoms with Crippen molar-refractivity contribution in [2.75, 3.05) is 28.4 Å². The van der Waals surface area contributed by atoms with E-state index in [1.807, 2.05) is 0 Å². The van der Waals surface area contributed by atoms with Crippen LogP contribution in [0.2, 0.25) is 0 Å². The Morgan fingerprint density at radius 3 is 1.91 bits per heavy atom. The van der Waals surface area contributed by atoms with Gasteiger partial charge >= 0.3 is 20.4 Å². The lowest BCUT2D eigenvalue weighted by Crippen LogP contribution is -2.44. The van der Waals surface area contributed by atoms with Gasteiger partial charge in [0.2, 0.25) is 0 Å². The average molecular weight is 348 g/mol. The van der Waals surface area contributed by atoms with Crippen LogP contribution in [0.25, 0.3) is 11.0 Å². The Bertz CT molecular complexity index is 677. The van der Waals surface area contributed by atoms with Crippen LogP contribution in [0.1, 0.15) is 5.56 Å². The van der Waals surface area contributed by atoms with Crippen LogP contribution in [0.5, 0.6) is 0 Å². The van der Waals surface area contributed by atoms with Crippen molar-refractivity contribution in [2.24, 2.45) is 0 Å². The summed E-state index contributed by atoms with van der Waals surface area (Å²) in [5, 5.41) is 0. The van der Waals surface area contributed by atoms with Crippen LogP contribution < -0.4 is 10.9 Å². The van der Waals surface area contributed by atoms with Crippen LogP contribution in [0.15, 0.2) is 6.07 Å². The molecule has 23 heavy (non-hydrogen) atoms. The molecule has 0 saturated heterocycles. The molecule has 0 N–H and O–H groups in total. The Morgan fingerprint density at radius 1 is 0.913 bits per heavy atom. The van der Waals surface area contributed by atoms with Gasteiger partial charge < -0.3 is 18.6 Å². The lowest BCUT2D eigenvalue weighted by atomic mass is 9.69. The van der Waals surface area contributed by atoms with Crippen molar-refractivity contribution >= 4 is 47.9 Å². The summed E-state index contributed by atoms with van der Waals surface area (Å²) in [6.07, 6.45) is -4.64. The van der Waals surface area contributed by atoms with Gasteiger partial charge in [0.15, 0.2) is 0 Å². The first-order chi connectivity index (χ1) is 10.9. The summed E-state index contributed by atoms with van der Waals surface area (Å²) < 4.78 is 68.8. The van der Waals surface area contributed by atoms with E-state index < -0.39 is 26.0 Å². The van der Waals surface area contributed by atoms with E-state index in [9.17, 15) is 13.2 Å². The van der Waals surface area contributed by atoms with Crippen molar-refractivity contribution in [3.63, 3.8) is 0 Å². The van der Waals surface area contributed by atoms with Crippen LogP contribution in [-0.4, -0.2) is 51.4 Å². The predicted molar refractivity (Wildman–Crippen MR) is 81.2 cm³/mol. The summed E-state index contributed by atoms with van der Waals surface area (Å²) in [5.41, 5.74) is -0.708. The molecule has 2 aromatic rings. The van der Waals surface area contributed by atoms with Gasteiger partial charge in [-0.25, -0.2) is 0 Å². The third kappa shape index (κ3) is 3.36. The second-order valence-corrected chi connectivity index (χ2v) is 5.02. The van der Waals surface area contributed by atoms with Crippen molar-refractivity contribution in [3.8, 4) is 0 Å². The number of hydrogen-bond acceptors (Lipinski definition) is 7. The Morgan fingerprint density at radius 2 is 1.43 bits per heavy atom. The summed E-state index contributed by atoms with van der Waals surface area (Å²) in [5.74, 6) is 0. The topological polar surface area (TPSA) is 62.7 Å². The molecular weight excluding hydrogens is 335 g/mol. The Hall–Kier alpha value is -1.20. The minimum atomic E-state index is -4.64. The molecule has 0 atom stereocenters. The third-order valence-corrected chi connectivity index (χ3v) is 3.79. The van der Waals surface area contributed by atoms with Gasteiger partial charge in [0.1, 0.15) is 11.0 Å². The normalized spacial score (nSPS) is 12.0. The molecule has 0 spiro atoms. The molecule has 12 heteroatoms. The van der Waals surface area contributed by atoms with E-state index in [1.165, 1.54) is 28.4 Å². The molecule has 0 saturated carbocycles. The van der Waals surface area contributed by atoms with Crippen LogP contribution >= 0.6 is 11.7 Å². The molecule has 0 aliphatic rings. The van der Waals surface area contributed by atoms with Crippen LogP contribution in [-0.2, 0) is 24.8 Å². The fraction of sp³-hybridized carbons (Fsp3) is 0.455. The Kier molecular flexibility index (Phi) is 5.63. The number of rotatable bonds is 6. The van der Waals surface area contributed by atoms with Gasteiger partial charge in [-0.15, -0.1) is 0 Å². The molecule has 0 bridgehead atoms. The van der Waals surface area contributed by atoms with Crippen molar-refractivity contribution in [1.29, 1.82) is 0 Å². The number of alkyl halides is 3. The standard InChI is InChI=1S/C11H13B2F3N2O4S/c1-19-12(20-2)7-5-6(11(14,15)16)8(13(21-3)22-4)10-9(7)17-23-18-10/h5H,1-4H3. The summed E-state index contributed by atoms with van der Waals surface area (Å²) >= 11 is 0.788. The van der Waals surface area contributed by atoms with E-state index in [4.69, 9.17) is 18.6 Å². The lowest BCUT2D eigenvalue weighted by Gasteiger charge is -2.19. The van der Waals surface area contributed by atoms with Crippen molar-refractivity contribution < 1.29 is 31.8 Å². The highest BCUT2D eigenvalue weighted by Gasteiger charge is 2.42. The fourth-order valence-corrected chi connectivity index (χ4v) is 2.90. The fourth-order valence-electron chi connectivity index (χ4n) is 2.32. The Balaban J connectivity index is 2.84. The van der Waals surface area contributed by atoms with Gasteiger partial charge in [0.25, 0.3) is 0 Å². The molecule has 124 valence electrons. The zero-order valence-corrected chi connectivity index (χ0v) is 13.6. The second kappa shape index (κ2) is 7.14. The monoisotopic (exact) mass is 348 g/mol. The molecule has 6 nitrogen and oxygen atoms in total. The molecule has 2 rings (SSSR count). The largest absolute Gasteiger partial charge is 0.496 e. The molecular formula is C11H13B2F3N2O4S. The highest BCUT2D eigenvalue weighted by Crippen LogP contribution is 2.30. The summed E-state index contributed by atoms with van der Waals surface area (Å²) in [7, 11) is 2.93. The minimum absolute atomic E-state index is 0.0487. The van der Waals surface area contributed by atoms with Gasteiger partial charge in [-0.2, -0.15) is 21.9 Å². The SMILES string of the molecule is COB(OC)c1cc(C(F)(F)F)c(B(OC)OC)c2nsnc12. The van der Waals surface area contributed by atoms with E-state index in [0.29, 0.717) is 0 Å². The highest BCUT2D eigenvalue weighted by atomic mass is 32.1. The van der Waals surface area contributed by atoms with Gasteiger partial charge in [0.05, 0.1) is 17.3 Å². The first kappa shape index (κ1) is 18.1. The summed E-state index contributed by atoms with van der Waals surface area (Å²) in [6, 6.07) is 0.932. The van der Waals surface area contributed by atoms with E-state index in [1.54, 1.807) is 0 Å². The number of nitrogens with zero attached hydrogens (tertiary/aromatic N) is 2. The van der Waals surface area contributed by atoms with Crippen molar-refractivity contribution in [1.82, 2.24) is 8.75 Å². The molecule has 0 aliphatic carbocycles. The van der Waals surface area contributed by atoms with Crippen LogP contribution in [0.3, 0.4) is 0 Å². The minimum Gasteiger partial charge on any atom is -0.410 e. The van der Waals surface area contributed by atoms with Gasteiger partial charge in [-0.3, -0.25) is 0 Å². The van der Waals surface area contributed by atoms with E-state index >= 15 is 0 Å². The average Bonchev–Trinajstić information content (AvgIpc) is 2.99. The van der Waals surface area contributed by atoms with Gasteiger partial charge in [-0.05, 0) is 6.07 Å². The van der Waals surface area contributed by atoms with E-state index in [0.717, 1.165) is 17.8 Å². The van der Waals surface area contributed by atoms with Gasteiger partial charge in [-0.1, -0.05) is 0 Å².